The lowest BCUT2D eigenvalue weighted by Gasteiger charge is -2.36. The summed E-state index contributed by atoms with van der Waals surface area (Å²) in [7, 11) is -5.27. The fraction of sp³-hybridized carbons (Fsp3) is 0.538. The molecule has 3 nitrogen and oxygen atoms in total. The van der Waals surface area contributed by atoms with Crippen molar-refractivity contribution < 1.29 is 21.6 Å². The molecular formula is C13H15BrF3NO2S. The van der Waals surface area contributed by atoms with E-state index in [2.05, 4.69) is 20.8 Å². The summed E-state index contributed by atoms with van der Waals surface area (Å²) < 4.78 is 60.1. The van der Waals surface area contributed by atoms with Gasteiger partial charge in [0, 0.05) is 23.6 Å². The molecule has 1 heterocycles. The highest BCUT2D eigenvalue weighted by molar-refractivity contribution is 9.09. The minimum atomic E-state index is -5.27. The first kappa shape index (κ1) is 16.6. The van der Waals surface area contributed by atoms with Crippen molar-refractivity contribution in [2.24, 2.45) is 0 Å². The summed E-state index contributed by atoms with van der Waals surface area (Å²) in [5.74, 6) is 0. The number of benzene rings is 1. The third-order valence-electron chi connectivity index (χ3n) is 3.59. The zero-order valence-corrected chi connectivity index (χ0v) is 13.5. The molecule has 1 saturated heterocycles. The third kappa shape index (κ3) is 3.36. The maximum Gasteiger partial charge on any atom is 0.501 e. The molecule has 1 fully saturated rings. The van der Waals surface area contributed by atoms with Gasteiger partial charge in [-0.05, 0) is 43.5 Å². The number of sulfone groups is 1. The van der Waals surface area contributed by atoms with Crippen LogP contribution >= 0.6 is 15.9 Å². The SMILES string of the molecule is O=S(=O)(c1ccc(N2CCCCC2CBr)cc1)C(F)(F)F. The Balaban J connectivity index is 2.27. The van der Waals surface area contributed by atoms with Crippen LogP contribution in [0.15, 0.2) is 29.2 Å². The Hall–Kier alpha value is -0.760. The normalized spacial score (nSPS) is 20.6. The van der Waals surface area contributed by atoms with Gasteiger partial charge in [-0.1, -0.05) is 15.9 Å². The molecule has 1 unspecified atom stereocenters. The van der Waals surface area contributed by atoms with Crippen molar-refractivity contribution in [3.63, 3.8) is 0 Å². The first-order chi connectivity index (χ1) is 9.77. The number of anilines is 1. The van der Waals surface area contributed by atoms with Crippen molar-refractivity contribution >= 4 is 31.5 Å². The van der Waals surface area contributed by atoms with Crippen LogP contribution in [0.4, 0.5) is 18.9 Å². The Morgan fingerprint density at radius 3 is 2.33 bits per heavy atom. The molecule has 0 N–H and O–H groups in total. The quantitative estimate of drug-likeness (QED) is 0.743. The van der Waals surface area contributed by atoms with Gasteiger partial charge in [0.05, 0.1) is 4.90 Å². The van der Waals surface area contributed by atoms with E-state index in [-0.39, 0.29) is 6.04 Å². The molecule has 0 spiro atoms. The molecule has 1 aromatic rings. The summed E-state index contributed by atoms with van der Waals surface area (Å²) in [6.07, 6.45) is 3.15. The summed E-state index contributed by atoms with van der Waals surface area (Å²) >= 11 is 3.43. The fourth-order valence-electron chi connectivity index (χ4n) is 2.45. The van der Waals surface area contributed by atoms with Crippen LogP contribution in [0.1, 0.15) is 19.3 Å². The molecule has 0 radical (unpaired) electrons. The lowest BCUT2D eigenvalue weighted by molar-refractivity contribution is -0.0436. The van der Waals surface area contributed by atoms with Crippen LogP contribution in [0.3, 0.4) is 0 Å². The number of hydrogen-bond donors (Lipinski definition) is 0. The van der Waals surface area contributed by atoms with Gasteiger partial charge in [-0.15, -0.1) is 0 Å². The molecule has 1 atom stereocenters. The summed E-state index contributed by atoms with van der Waals surface area (Å²) in [6, 6.07) is 5.22. The van der Waals surface area contributed by atoms with Gasteiger partial charge < -0.3 is 4.90 Å². The number of halogens is 4. The largest absolute Gasteiger partial charge is 0.501 e. The lowest BCUT2D eigenvalue weighted by Crippen LogP contribution is -2.40. The molecule has 1 aliphatic rings. The molecule has 0 amide bonds. The third-order valence-corrected chi connectivity index (χ3v) is 5.84. The molecular weight excluding hydrogens is 371 g/mol. The molecule has 8 heteroatoms. The standard InChI is InChI=1S/C13H15BrF3NO2S/c14-9-11-3-1-2-8-18(11)10-4-6-12(7-5-10)21(19,20)13(15,16)17/h4-7,11H,1-3,8-9H2. The minimum absolute atomic E-state index is 0.281. The van der Waals surface area contributed by atoms with E-state index in [1.54, 1.807) is 0 Å². The van der Waals surface area contributed by atoms with Crippen molar-refractivity contribution in [2.75, 3.05) is 16.8 Å². The second kappa shape index (κ2) is 6.16. The van der Waals surface area contributed by atoms with E-state index in [4.69, 9.17) is 0 Å². The number of rotatable bonds is 3. The van der Waals surface area contributed by atoms with Crippen LogP contribution < -0.4 is 4.90 Å². The van der Waals surface area contributed by atoms with Crippen molar-refractivity contribution in [3.8, 4) is 0 Å². The highest BCUT2D eigenvalue weighted by atomic mass is 79.9. The van der Waals surface area contributed by atoms with Gasteiger partial charge in [0.15, 0.2) is 0 Å². The number of piperidine rings is 1. The Morgan fingerprint density at radius 1 is 1.19 bits per heavy atom. The van der Waals surface area contributed by atoms with Crippen molar-refractivity contribution in [1.82, 2.24) is 0 Å². The summed E-state index contributed by atoms with van der Waals surface area (Å²) in [5.41, 5.74) is -4.52. The van der Waals surface area contributed by atoms with Crippen molar-refractivity contribution in [2.45, 2.75) is 35.7 Å². The second-order valence-electron chi connectivity index (χ2n) is 4.94. The fourth-order valence-corrected chi connectivity index (χ4v) is 3.89. The van der Waals surface area contributed by atoms with Crippen molar-refractivity contribution in [3.05, 3.63) is 24.3 Å². The first-order valence-electron chi connectivity index (χ1n) is 6.51. The van der Waals surface area contributed by atoms with Crippen LogP contribution in [0, 0.1) is 0 Å². The molecule has 1 aliphatic heterocycles. The number of hydrogen-bond acceptors (Lipinski definition) is 3. The summed E-state index contributed by atoms with van der Waals surface area (Å²) in [6.45, 7) is 0.821. The van der Waals surface area contributed by atoms with Crippen LogP contribution in [-0.4, -0.2) is 31.8 Å². The van der Waals surface area contributed by atoms with E-state index in [0.717, 1.165) is 49.0 Å². The van der Waals surface area contributed by atoms with Gasteiger partial charge in [-0.25, -0.2) is 8.42 Å². The average molecular weight is 386 g/mol. The molecule has 21 heavy (non-hydrogen) atoms. The van der Waals surface area contributed by atoms with E-state index in [1.165, 1.54) is 12.1 Å². The Labute approximate surface area is 130 Å². The number of alkyl halides is 4. The molecule has 0 aliphatic carbocycles. The lowest BCUT2D eigenvalue weighted by atomic mass is 10.0. The van der Waals surface area contributed by atoms with E-state index in [1.807, 2.05) is 0 Å². The highest BCUT2D eigenvalue weighted by Gasteiger charge is 2.46. The van der Waals surface area contributed by atoms with Gasteiger partial charge in [-0.3, -0.25) is 0 Å². The minimum Gasteiger partial charge on any atom is -0.368 e. The Bertz CT molecular complexity index is 586. The van der Waals surface area contributed by atoms with Gasteiger partial charge in [0.25, 0.3) is 9.84 Å². The zero-order valence-electron chi connectivity index (χ0n) is 11.1. The molecule has 0 aromatic heterocycles. The molecule has 0 bridgehead atoms. The number of nitrogens with zero attached hydrogens (tertiary/aromatic N) is 1. The summed E-state index contributed by atoms with van der Waals surface area (Å²) in [4.78, 5) is 1.38. The zero-order chi connectivity index (χ0) is 15.7. The van der Waals surface area contributed by atoms with Crippen molar-refractivity contribution in [1.29, 1.82) is 0 Å². The molecule has 2 rings (SSSR count). The van der Waals surface area contributed by atoms with E-state index >= 15 is 0 Å². The highest BCUT2D eigenvalue weighted by Crippen LogP contribution is 2.32. The van der Waals surface area contributed by atoms with Crippen LogP contribution in [0.5, 0.6) is 0 Å². The molecule has 0 saturated carbocycles. The van der Waals surface area contributed by atoms with Crippen LogP contribution in [0.2, 0.25) is 0 Å². The monoisotopic (exact) mass is 385 g/mol. The molecule has 1 aromatic carbocycles. The topological polar surface area (TPSA) is 37.4 Å². The van der Waals surface area contributed by atoms with Gasteiger partial charge in [-0.2, -0.15) is 13.2 Å². The Kier molecular flexibility index (Phi) is 4.87. The maximum absolute atomic E-state index is 12.5. The smallest absolute Gasteiger partial charge is 0.368 e. The first-order valence-corrected chi connectivity index (χ1v) is 9.12. The predicted octanol–water partition coefficient (Wildman–Crippen LogP) is 3.73. The van der Waals surface area contributed by atoms with Gasteiger partial charge in [0.1, 0.15) is 0 Å². The van der Waals surface area contributed by atoms with Crippen LogP contribution in [-0.2, 0) is 9.84 Å². The second-order valence-corrected chi connectivity index (χ2v) is 7.53. The van der Waals surface area contributed by atoms with E-state index < -0.39 is 20.2 Å². The van der Waals surface area contributed by atoms with Gasteiger partial charge >= 0.3 is 5.51 Å². The van der Waals surface area contributed by atoms with Crippen LogP contribution in [0.25, 0.3) is 0 Å². The van der Waals surface area contributed by atoms with E-state index in [9.17, 15) is 21.6 Å². The maximum atomic E-state index is 12.5. The molecule has 118 valence electrons. The Morgan fingerprint density at radius 2 is 1.81 bits per heavy atom. The average Bonchev–Trinajstić information content (AvgIpc) is 2.46. The van der Waals surface area contributed by atoms with Gasteiger partial charge in [0.2, 0.25) is 0 Å². The van der Waals surface area contributed by atoms with E-state index in [0.29, 0.717) is 0 Å². The summed E-state index contributed by atoms with van der Waals surface area (Å²) in [5, 5.41) is 0.773. The predicted molar refractivity (Wildman–Crippen MR) is 78.5 cm³/mol.